The van der Waals surface area contributed by atoms with Gasteiger partial charge in [0.25, 0.3) is 5.91 Å². The Kier molecular flexibility index (Phi) is 11.3. The summed E-state index contributed by atoms with van der Waals surface area (Å²) in [5.74, 6) is 1.37. The Balaban J connectivity index is 1.41. The molecule has 0 aliphatic carbocycles. The van der Waals surface area contributed by atoms with Crippen molar-refractivity contribution >= 4 is 17.5 Å². The van der Waals surface area contributed by atoms with Gasteiger partial charge in [-0.25, -0.2) is 4.99 Å². The molecule has 5 aromatic rings. The summed E-state index contributed by atoms with van der Waals surface area (Å²) in [6.45, 7) is 0.775. The van der Waals surface area contributed by atoms with Gasteiger partial charge in [-0.3, -0.25) is 4.79 Å². The van der Waals surface area contributed by atoms with Crippen molar-refractivity contribution in [1.29, 1.82) is 0 Å². The van der Waals surface area contributed by atoms with E-state index in [4.69, 9.17) is 24.3 Å². The van der Waals surface area contributed by atoms with Crippen molar-refractivity contribution in [2.45, 2.75) is 30.9 Å². The van der Waals surface area contributed by atoms with Crippen LogP contribution in [0, 0.1) is 0 Å². The standard InChI is InChI=1S/C41H39N5O5/c1-49-36-13-7-9-29(27-36)23-24-43-40(48)41(28-34-12-5-6-14-37(34)45-46-42)38(32-17-15-31(16-18-32)30-10-3-2-4-11-30)51-39(44-41)33-19-21-35(22-20-33)50-26-8-25-47/h2-7,9-22,27,38,47H,8,23-26,28H2,1H3,(H,43,48)/t38-,41-/m1/s1. The maximum atomic E-state index is 14.7. The first kappa shape index (κ1) is 34.8. The lowest BCUT2D eigenvalue weighted by molar-refractivity contribution is -0.128. The highest BCUT2D eigenvalue weighted by Gasteiger charge is 2.53. The van der Waals surface area contributed by atoms with Crippen molar-refractivity contribution in [3.8, 4) is 22.6 Å². The van der Waals surface area contributed by atoms with E-state index >= 15 is 0 Å². The Labute approximate surface area is 297 Å². The lowest BCUT2D eigenvalue weighted by Gasteiger charge is -2.31. The first-order valence-electron chi connectivity index (χ1n) is 16.8. The zero-order chi connectivity index (χ0) is 35.5. The van der Waals surface area contributed by atoms with Gasteiger partial charge < -0.3 is 24.6 Å². The van der Waals surface area contributed by atoms with Gasteiger partial charge >= 0.3 is 0 Å². The first-order chi connectivity index (χ1) is 25.0. The van der Waals surface area contributed by atoms with E-state index in [1.807, 2.05) is 115 Å². The molecule has 0 saturated heterocycles. The van der Waals surface area contributed by atoms with Gasteiger partial charge in [0, 0.05) is 42.2 Å². The Morgan fingerprint density at radius 1 is 0.902 bits per heavy atom. The molecule has 10 heteroatoms. The third-order valence-electron chi connectivity index (χ3n) is 8.79. The van der Waals surface area contributed by atoms with Gasteiger partial charge in [0.1, 0.15) is 11.5 Å². The number of hydrogen-bond acceptors (Lipinski definition) is 7. The number of carbonyl (C=O) groups excluding carboxylic acids is 1. The van der Waals surface area contributed by atoms with Crippen LogP contribution in [0.3, 0.4) is 0 Å². The number of amides is 1. The third-order valence-corrected chi connectivity index (χ3v) is 8.79. The Hall–Kier alpha value is -6.09. The topological polar surface area (TPSA) is 138 Å². The molecule has 1 aliphatic heterocycles. The molecule has 10 nitrogen and oxygen atoms in total. The third kappa shape index (κ3) is 8.21. The number of methoxy groups -OCH3 is 1. The minimum absolute atomic E-state index is 0.0446. The highest BCUT2D eigenvalue weighted by Crippen LogP contribution is 2.44. The molecule has 2 atom stereocenters. The van der Waals surface area contributed by atoms with Gasteiger partial charge in [-0.15, -0.1) is 0 Å². The van der Waals surface area contributed by atoms with Crippen molar-refractivity contribution in [2.24, 2.45) is 10.1 Å². The van der Waals surface area contributed by atoms with Crippen LogP contribution in [0.4, 0.5) is 5.69 Å². The van der Waals surface area contributed by atoms with Crippen molar-refractivity contribution in [3.63, 3.8) is 0 Å². The summed E-state index contributed by atoms with van der Waals surface area (Å²) < 4.78 is 17.8. The molecule has 0 fully saturated rings. The van der Waals surface area contributed by atoms with Crippen LogP contribution in [0.2, 0.25) is 0 Å². The smallest absolute Gasteiger partial charge is 0.252 e. The van der Waals surface area contributed by atoms with Crippen LogP contribution < -0.4 is 14.8 Å². The number of nitrogens with zero attached hydrogens (tertiary/aromatic N) is 4. The van der Waals surface area contributed by atoms with Crippen LogP contribution in [0.5, 0.6) is 11.5 Å². The van der Waals surface area contributed by atoms with Gasteiger partial charge in [-0.1, -0.05) is 96.1 Å². The monoisotopic (exact) mass is 681 g/mol. The van der Waals surface area contributed by atoms with Crippen LogP contribution in [-0.4, -0.2) is 49.3 Å². The molecule has 258 valence electrons. The Bertz CT molecular complexity index is 2010. The van der Waals surface area contributed by atoms with Crippen molar-refractivity contribution in [2.75, 3.05) is 26.9 Å². The second-order valence-electron chi connectivity index (χ2n) is 12.1. The fourth-order valence-corrected chi connectivity index (χ4v) is 6.16. The predicted octanol–water partition coefficient (Wildman–Crippen LogP) is 7.92. The predicted molar refractivity (Wildman–Crippen MR) is 197 cm³/mol. The summed E-state index contributed by atoms with van der Waals surface area (Å²) in [5.41, 5.74) is 13.5. The molecule has 51 heavy (non-hydrogen) atoms. The number of nitrogens with one attached hydrogen (secondary N) is 1. The zero-order valence-corrected chi connectivity index (χ0v) is 28.3. The lowest BCUT2D eigenvalue weighted by Crippen LogP contribution is -2.50. The van der Waals surface area contributed by atoms with E-state index in [9.17, 15) is 10.3 Å². The molecule has 5 aromatic carbocycles. The lowest BCUT2D eigenvalue weighted by atomic mass is 9.81. The number of ether oxygens (including phenoxy) is 3. The number of carbonyl (C=O) groups is 1. The Morgan fingerprint density at radius 3 is 2.37 bits per heavy atom. The summed E-state index contributed by atoms with van der Waals surface area (Å²) >= 11 is 0. The second kappa shape index (κ2) is 16.5. The number of aliphatic hydroxyl groups excluding tert-OH is 1. The van der Waals surface area contributed by atoms with Crippen molar-refractivity contribution in [1.82, 2.24) is 5.32 Å². The first-order valence-corrected chi connectivity index (χ1v) is 16.8. The highest BCUT2D eigenvalue weighted by molar-refractivity contribution is 6.01. The van der Waals surface area contributed by atoms with E-state index in [2.05, 4.69) is 15.3 Å². The molecule has 0 radical (unpaired) electrons. The largest absolute Gasteiger partial charge is 0.497 e. The van der Waals surface area contributed by atoms with Gasteiger partial charge in [0.15, 0.2) is 11.6 Å². The van der Waals surface area contributed by atoms with Gasteiger partial charge in [-0.05, 0) is 76.2 Å². The van der Waals surface area contributed by atoms with Crippen LogP contribution >= 0.6 is 0 Å². The number of azide groups is 1. The van der Waals surface area contributed by atoms with E-state index in [0.717, 1.165) is 28.0 Å². The summed E-state index contributed by atoms with van der Waals surface area (Å²) in [6.07, 6.45) is 0.368. The number of benzene rings is 5. The number of aliphatic hydroxyl groups is 1. The van der Waals surface area contributed by atoms with Crippen LogP contribution in [0.1, 0.15) is 34.8 Å². The number of aliphatic imine (C=N–C) groups is 1. The van der Waals surface area contributed by atoms with E-state index in [1.165, 1.54) is 0 Å². The van der Waals surface area contributed by atoms with Gasteiger partial charge in [0.05, 0.1) is 13.7 Å². The van der Waals surface area contributed by atoms with E-state index in [0.29, 0.717) is 54.5 Å². The number of hydrogen-bond donors (Lipinski definition) is 2. The van der Waals surface area contributed by atoms with Crippen LogP contribution in [0.15, 0.2) is 138 Å². The van der Waals surface area contributed by atoms with E-state index in [-0.39, 0.29) is 18.9 Å². The number of rotatable bonds is 15. The van der Waals surface area contributed by atoms with Gasteiger partial charge in [0.2, 0.25) is 5.90 Å². The molecule has 0 spiro atoms. The molecule has 1 amide bonds. The van der Waals surface area contributed by atoms with E-state index < -0.39 is 11.6 Å². The second-order valence-corrected chi connectivity index (χ2v) is 12.1. The fourth-order valence-electron chi connectivity index (χ4n) is 6.16. The van der Waals surface area contributed by atoms with E-state index in [1.54, 1.807) is 19.2 Å². The zero-order valence-electron chi connectivity index (χ0n) is 28.3. The molecule has 0 unspecified atom stereocenters. The molecule has 2 N–H and O–H groups in total. The Morgan fingerprint density at radius 2 is 1.63 bits per heavy atom. The van der Waals surface area contributed by atoms with Crippen LogP contribution in [0.25, 0.3) is 21.6 Å². The maximum Gasteiger partial charge on any atom is 0.252 e. The van der Waals surface area contributed by atoms with Crippen molar-refractivity contribution in [3.05, 3.63) is 160 Å². The summed E-state index contributed by atoms with van der Waals surface area (Å²) in [5, 5.41) is 16.2. The molecule has 6 rings (SSSR count). The summed E-state index contributed by atoms with van der Waals surface area (Å²) in [6, 6.07) is 40.3. The molecule has 0 bridgehead atoms. The SMILES string of the molecule is COc1cccc(CCNC(=O)[C@]2(Cc3ccccc3N=[N+]=[N-])N=C(c3ccc(OCCCO)cc3)O[C@@H]2c2ccc(-c3ccccc3)cc2)c1. The van der Waals surface area contributed by atoms with Crippen LogP contribution in [-0.2, 0) is 22.4 Å². The minimum atomic E-state index is -1.48. The average molecular weight is 682 g/mol. The quantitative estimate of drug-likeness (QED) is 0.0500. The molecule has 0 aromatic heterocycles. The molecular formula is C41H39N5O5. The normalized spacial score (nSPS) is 16.4. The van der Waals surface area contributed by atoms with Crippen molar-refractivity contribution < 1.29 is 24.1 Å². The summed E-state index contributed by atoms with van der Waals surface area (Å²) in [7, 11) is 1.62. The highest BCUT2D eigenvalue weighted by atomic mass is 16.5. The maximum absolute atomic E-state index is 14.7. The molecular weight excluding hydrogens is 642 g/mol. The minimum Gasteiger partial charge on any atom is -0.497 e. The average Bonchev–Trinajstić information content (AvgIpc) is 3.57. The molecule has 1 aliphatic rings. The molecule has 0 saturated carbocycles. The summed E-state index contributed by atoms with van der Waals surface area (Å²) in [4.78, 5) is 22.9. The fraction of sp³-hybridized carbons (Fsp3) is 0.220. The molecule has 1 heterocycles. The van der Waals surface area contributed by atoms with Gasteiger partial charge in [-0.2, -0.15) is 0 Å².